The second-order valence-electron chi connectivity index (χ2n) is 3.96. The van der Waals surface area contributed by atoms with Gasteiger partial charge in [0.1, 0.15) is 5.82 Å². The largest absolute Gasteiger partial charge is 0.398 e. The Morgan fingerprint density at radius 2 is 1.94 bits per heavy atom. The van der Waals surface area contributed by atoms with E-state index in [2.05, 4.69) is 5.10 Å². The third-order valence-corrected chi connectivity index (χ3v) is 2.88. The minimum absolute atomic E-state index is 0.261. The molecule has 0 saturated carbocycles. The lowest BCUT2D eigenvalue weighted by atomic mass is 10.0. The van der Waals surface area contributed by atoms with Gasteiger partial charge in [-0.25, -0.2) is 4.39 Å². The number of halogens is 1. The van der Waals surface area contributed by atoms with Crippen molar-refractivity contribution in [2.75, 3.05) is 5.73 Å². The summed E-state index contributed by atoms with van der Waals surface area (Å²) in [5.74, 6) is -0.261. The highest BCUT2D eigenvalue weighted by Gasteiger charge is 2.12. The predicted molar refractivity (Wildman–Crippen MR) is 62.5 cm³/mol. The number of aryl methyl sites for hydroxylation is 2. The Hall–Kier alpha value is -1.84. The Kier molecular flexibility index (Phi) is 2.42. The summed E-state index contributed by atoms with van der Waals surface area (Å²) in [4.78, 5) is 0. The summed E-state index contributed by atoms with van der Waals surface area (Å²) in [5, 5.41) is 4.09. The van der Waals surface area contributed by atoms with Crippen molar-refractivity contribution in [1.82, 2.24) is 9.78 Å². The summed E-state index contributed by atoms with van der Waals surface area (Å²) in [6.45, 7) is 3.69. The molecule has 0 spiro atoms. The van der Waals surface area contributed by atoms with E-state index in [1.807, 2.05) is 14.0 Å². The highest BCUT2D eigenvalue weighted by Crippen LogP contribution is 2.29. The lowest BCUT2D eigenvalue weighted by molar-refractivity contribution is 0.630. The lowest BCUT2D eigenvalue weighted by Gasteiger charge is -2.06. The van der Waals surface area contributed by atoms with Gasteiger partial charge in [-0.15, -0.1) is 0 Å². The maximum atomic E-state index is 13.8. The smallest absolute Gasteiger partial charge is 0.131 e. The molecule has 0 radical (unpaired) electrons. The van der Waals surface area contributed by atoms with Crippen molar-refractivity contribution in [3.05, 3.63) is 35.4 Å². The maximum Gasteiger partial charge on any atom is 0.131 e. The molecule has 0 unspecified atom stereocenters. The van der Waals surface area contributed by atoms with Crippen LogP contribution in [-0.2, 0) is 7.05 Å². The zero-order valence-corrected chi connectivity index (χ0v) is 9.58. The van der Waals surface area contributed by atoms with Gasteiger partial charge in [0.25, 0.3) is 0 Å². The average molecular weight is 219 g/mol. The van der Waals surface area contributed by atoms with E-state index in [9.17, 15) is 4.39 Å². The fourth-order valence-corrected chi connectivity index (χ4v) is 1.66. The SMILES string of the molecule is Cc1cc(F)c(-c2cnn(C)c2C)cc1N. The lowest BCUT2D eigenvalue weighted by Crippen LogP contribution is -1.96. The van der Waals surface area contributed by atoms with Gasteiger partial charge < -0.3 is 5.73 Å². The molecule has 16 heavy (non-hydrogen) atoms. The van der Waals surface area contributed by atoms with E-state index in [1.54, 1.807) is 23.9 Å². The molecule has 0 saturated heterocycles. The maximum absolute atomic E-state index is 13.8. The van der Waals surface area contributed by atoms with E-state index < -0.39 is 0 Å². The molecule has 0 atom stereocenters. The molecular formula is C12H14FN3. The molecule has 2 N–H and O–H groups in total. The first kappa shape index (κ1) is 10.7. The topological polar surface area (TPSA) is 43.8 Å². The average Bonchev–Trinajstić information content (AvgIpc) is 2.54. The van der Waals surface area contributed by atoms with Crippen molar-refractivity contribution >= 4 is 5.69 Å². The Balaban J connectivity index is 2.65. The van der Waals surface area contributed by atoms with Crippen molar-refractivity contribution in [1.29, 1.82) is 0 Å². The molecule has 0 aliphatic rings. The van der Waals surface area contributed by atoms with E-state index in [1.165, 1.54) is 6.07 Å². The minimum Gasteiger partial charge on any atom is -0.398 e. The summed E-state index contributed by atoms with van der Waals surface area (Å²) >= 11 is 0. The van der Waals surface area contributed by atoms with Crippen molar-refractivity contribution in [3.8, 4) is 11.1 Å². The Morgan fingerprint density at radius 1 is 1.25 bits per heavy atom. The van der Waals surface area contributed by atoms with Crippen LogP contribution in [0.3, 0.4) is 0 Å². The Morgan fingerprint density at radius 3 is 2.50 bits per heavy atom. The van der Waals surface area contributed by atoms with Crippen LogP contribution in [0.5, 0.6) is 0 Å². The van der Waals surface area contributed by atoms with Crippen molar-refractivity contribution in [2.24, 2.45) is 7.05 Å². The molecule has 0 fully saturated rings. The van der Waals surface area contributed by atoms with Crippen LogP contribution in [0.25, 0.3) is 11.1 Å². The van der Waals surface area contributed by atoms with Gasteiger partial charge in [0.05, 0.1) is 6.20 Å². The highest BCUT2D eigenvalue weighted by atomic mass is 19.1. The molecule has 0 bridgehead atoms. The fourth-order valence-electron chi connectivity index (χ4n) is 1.66. The zero-order valence-electron chi connectivity index (χ0n) is 9.58. The van der Waals surface area contributed by atoms with Crippen LogP contribution >= 0.6 is 0 Å². The first-order valence-corrected chi connectivity index (χ1v) is 5.05. The molecule has 4 heteroatoms. The van der Waals surface area contributed by atoms with Crippen LogP contribution in [0.2, 0.25) is 0 Å². The van der Waals surface area contributed by atoms with Gasteiger partial charge in [0.15, 0.2) is 0 Å². The van der Waals surface area contributed by atoms with E-state index >= 15 is 0 Å². The van der Waals surface area contributed by atoms with Crippen LogP contribution < -0.4 is 5.73 Å². The number of benzene rings is 1. The van der Waals surface area contributed by atoms with Gasteiger partial charge in [0.2, 0.25) is 0 Å². The predicted octanol–water partition coefficient (Wildman–Crippen LogP) is 2.43. The third kappa shape index (κ3) is 1.56. The van der Waals surface area contributed by atoms with Crippen LogP contribution in [0.15, 0.2) is 18.3 Å². The number of nitrogen functional groups attached to an aromatic ring is 1. The second-order valence-corrected chi connectivity index (χ2v) is 3.96. The quantitative estimate of drug-likeness (QED) is 0.748. The fraction of sp³-hybridized carbons (Fsp3) is 0.250. The zero-order chi connectivity index (χ0) is 11.9. The molecule has 0 aliphatic heterocycles. The normalized spacial score (nSPS) is 10.8. The highest BCUT2D eigenvalue weighted by molar-refractivity contribution is 5.70. The number of hydrogen-bond acceptors (Lipinski definition) is 2. The molecule has 3 nitrogen and oxygen atoms in total. The van der Waals surface area contributed by atoms with Crippen LogP contribution in [0.4, 0.5) is 10.1 Å². The summed E-state index contributed by atoms with van der Waals surface area (Å²) in [7, 11) is 1.83. The number of hydrogen-bond donors (Lipinski definition) is 1. The van der Waals surface area contributed by atoms with Gasteiger partial charge in [0, 0.05) is 29.6 Å². The summed E-state index contributed by atoms with van der Waals surface area (Å²) < 4.78 is 15.5. The summed E-state index contributed by atoms with van der Waals surface area (Å²) in [6, 6.07) is 3.12. The number of aromatic nitrogens is 2. The number of nitrogens with two attached hydrogens (primary N) is 1. The molecule has 84 valence electrons. The molecule has 0 aliphatic carbocycles. The van der Waals surface area contributed by atoms with Crippen LogP contribution in [0.1, 0.15) is 11.3 Å². The first-order chi connectivity index (χ1) is 7.50. The van der Waals surface area contributed by atoms with Crippen molar-refractivity contribution in [3.63, 3.8) is 0 Å². The van der Waals surface area contributed by atoms with Crippen molar-refractivity contribution in [2.45, 2.75) is 13.8 Å². The van der Waals surface area contributed by atoms with E-state index in [0.29, 0.717) is 11.3 Å². The van der Waals surface area contributed by atoms with Crippen LogP contribution in [-0.4, -0.2) is 9.78 Å². The van der Waals surface area contributed by atoms with E-state index in [0.717, 1.165) is 16.8 Å². The van der Waals surface area contributed by atoms with E-state index in [4.69, 9.17) is 5.73 Å². The first-order valence-electron chi connectivity index (χ1n) is 5.05. The number of rotatable bonds is 1. The van der Waals surface area contributed by atoms with Gasteiger partial charge in [-0.3, -0.25) is 4.68 Å². The standard InChI is InChI=1S/C12H14FN3/c1-7-4-11(13)9(5-12(7)14)10-6-15-16(3)8(10)2/h4-6H,14H2,1-3H3. The molecule has 0 amide bonds. The molecule has 1 heterocycles. The Bertz CT molecular complexity index is 543. The van der Waals surface area contributed by atoms with Crippen LogP contribution in [0, 0.1) is 19.7 Å². The van der Waals surface area contributed by atoms with Gasteiger partial charge >= 0.3 is 0 Å². The summed E-state index contributed by atoms with van der Waals surface area (Å²) in [5.41, 5.74) is 9.35. The molecule has 1 aromatic carbocycles. The van der Waals surface area contributed by atoms with Gasteiger partial charge in [-0.2, -0.15) is 5.10 Å². The van der Waals surface area contributed by atoms with Gasteiger partial charge in [-0.1, -0.05) is 0 Å². The van der Waals surface area contributed by atoms with Gasteiger partial charge in [-0.05, 0) is 31.5 Å². The number of nitrogens with zero attached hydrogens (tertiary/aromatic N) is 2. The molecular weight excluding hydrogens is 205 g/mol. The molecule has 1 aromatic heterocycles. The number of anilines is 1. The molecule has 2 aromatic rings. The summed E-state index contributed by atoms with van der Waals surface area (Å²) in [6.07, 6.45) is 1.66. The Labute approximate surface area is 93.7 Å². The second kappa shape index (κ2) is 3.63. The third-order valence-electron chi connectivity index (χ3n) is 2.88. The van der Waals surface area contributed by atoms with Crippen molar-refractivity contribution < 1.29 is 4.39 Å². The van der Waals surface area contributed by atoms with E-state index in [-0.39, 0.29) is 5.82 Å². The minimum atomic E-state index is -0.261. The monoisotopic (exact) mass is 219 g/mol. The molecule has 2 rings (SSSR count).